The number of aliphatic hydroxyl groups excluding tert-OH is 7. The number of rotatable bonds is 5. The summed E-state index contributed by atoms with van der Waals surface area (Å²) in [5.41, 5.74) is 0. The zero-order chi connectivity index (χ0) is 17.4. The molecule has 0 bridgehead atoms. The Morgan fingerprint density at radius 1 is 0.870 bits per heavy atom. The summed E-state index contributed by atoms with van der Waals surface area (Å²) in [6.07, 6.45) is -12.2. The van der Waals surface area contributed by atoms with Crippen molar-refractivity contribution in [1.82, 2.24) is 0 Å². The van der Waals surface area contributed by atoms with Crippen molar-refractivity contribution in [3.05, 3.63) is 0 Å². The van der Waals surface area contributed by atoms with Crippen LogP contribution in [0.4, 0.5) is 0 Å². The van der Waals surface area contributed by atoms with Crippen molar-refractivity contribution >= 4 is 0 Å². The molecule has 0 aromatic heterocycles. The average Bonchev–Trinajstić information content (AvgIpc) is 2.80. The van der Waals surface area contributed by atoms with Crippen LogP contribution >= 0.6 is 0 Å². The first-order valence-corrected chi connectivity index (χ1v) is 7.05. The van der Waals surface area contributed by atoms with Crippen molar-refractivity contribution in [3.8, 4) is 0 Å². The molecule has 2 saturated heterocycles. The van der Waals surface area contributed by atoms with Crippen LogP contribution in [-0.4, -0.2) is 115 Å². The molecule has 2 aliphatic rings. The summed E-state index contributed by atoms with van der Waals surface area (Å²) in [6.45, 7) is -2.32. The Balaban J connectivity index is 2.13. The number of hydrogen-bond acceptors (Lipinski definition) is 11. The Kier molecular flexibility index (Phi) is 5.92. The number of hydrogen-bond donors (Lipinski definition) is 8. The van der Waals surface area contributed by atoms with Gasteiger partial charge < -0.3 is 55.1 Å². The first kappa shape index (κ1) is 18.9. The SMILES string of the molecule is OC[C@@H]1O[C@H](O[C@@H]2[C@H](CO)O[C@](O)(CO)[C@H]2O)[C@@H](O)[C@H](O)[C@H]1O. The fourth-order valence-corrected chi connectivity index (χ4v) is 2.63. The number of aliphatic hydroxyl groups is 8. The fourth-order valence-electron chi connectivity index (χ4n) is 2.63. The molecule has 0 aromatic carbocycles. The van der Waals surface area contributed by atoms with E-state index in [9.17, 15) is 30.6 Å². The van der Waals surface area contributed by atoms with Gasteiger partial charge >= 0.3 is 0 Å². The quantitative estimate of drug-likeness (QED) is 0.238. The zero-order valence-corrected chi connectivity index (χ0v) is 12.0. The minimum Gasteiger partial charge on any atom is -0.394 e. The van der Waals surface area contributed by atoms with Gasteiger partial charge in [-0.1, -0.05) is 0 Å². The van der Waals surface area contributed by atoms with Crippen LogP contribution in [0.2, 0.25) is 0 Å². The van der Waals surface area contributed by atoms with E-state index in [4.69, 9.17) is 24.4 Å². The highest BCUT2D eigenvalue weighted by atomic mass is 16.7. The lowest BCUT2D eigenvalue weighted by molar-refractivity contribution is -0.318. The smallest absolute Gasteiger partial charge is 0.219 e. The van der Waals surface area contributed by atoms with Crippen molar-refractivity contribution in [2.45, 2.75) is 54.8 Å². The summed E-state index contributed by atoms with van der Waals surface area (Å²) in [5.74, 6) is -2.37. The summed E-state index contributed by atoms with van der Waals surface area (Å²) >= 11 is 0. The van der Waals surface area contributed by atoms with Gasteiger partial charge in [0, 0.05) is 0 Å². The molecule has 8 N–H and O–H groups in total. The predicted molar refractivity (Wildman–Crippen MR) is 68.6 cm³/mol. The maximum absolute atomic E-state index is 10.00. The third kappa shape index (κ3) is 3.36. The molecule has 136 valence electrons. The molecular weight excluding hydrogens is 320 g/mol. The van der Waals surface area contributed by atoms with Crippen molar-refractivity contribution in [2.75, 3.05) is 19.8 Å². The van der Waals surface area contributed by atoms with Gasteiger partial charge in [-0.2, -0.15) is 0 Å². The molecule has 11 heteroatoms. The second-order valence-corrected chi connectivity index (χ2v) is 5.58. The molecule has 0 radical (unpaired) electrons. The van der Waals surface area contributed by atoms with E-state index in [1.165, 1.54) is 0 Å². The Bertz CT molecular complexity index is 393. The second-order valence-electron chi connectivity index (χ2n) is 5.58. The van der Waals surface area contributed by atoms with Crippen LogP contribution in [0.15, 0.2) is 0 Å². The van der Waals surface area contributed by atoms with E-state index >= 15 is 0 Å². The van der Waals surface area contributed by atoms with Gasteiger partial charge in [0.1, 0.15) is 42.7 Å². The van der Waals surface area contributed by atoms with Crippen LogP contribution in [0.3, 0.4) is 0 Å². The highest BCUT2D eigenvalue weighted by Gasteiger charge is 2.56. The Morgan fingerprint density at radius 2 is 1.48 bits per heavy atom. The van der Waals surface area contributed by atoms with E-state index in [1.54, 1.807) is 0 Å². The maximum atomic E-state index is 10.00. The monoisotopic (exact) mass is 342 g/mol. The normalized spacial score (nSPS) is 51.1. The molecule has 2 rings (SSSR count). The van der Waals surface area contributed by atoms with Crippen molar-refractivity contribution in [3.63, 3.8) is 0 Å². The Labute approximate surface area is 130 Å². The molecular formula is C12H22O11. The topological polar surface area (TPSA) is 190 Å². The van der Waals surface area contributed by atoms with Crippen LogP contribution in [0.25, 0.3) is 0 Å². The highest BCUT2D eigenvalue weighted by Crippen LogP contribution is 2.33. The van der Waals surface area contributed by atoms with Crippen LogP contribution in [0.1, 0.15) is 0 Å². The van der Waals surface area contributed by atoms with Gasteiger partial charge in [0.15, 0.2) is 6.29 Å². The second kappa shape index (κ2) is 7.21. The standard InChI is InChI=1S/C12H22O11/c13-1-4-6(16)7(17)8(18)11(21-4)22-9-5(2-14)23-12(20,3-15)10(9)19/h4-11,13-20H,1-3H2/t4-,5-,6-,7+,8-,9+,10-,11+,12+/m0/s1. The molecule has 2 aliphatic heterocycles. The molecule has 0 saturated carbocycles. The van der Waals surface area contributed by atoms with E-state index in [-0.39, 0.29) is 0 Å². The molecule has 0 aliphatic carbocycles. The molecule has 2 fully saturated rings. The molecule has 0 spiro atoms. The van der Waals surface area contributed by atoms with E-state index in [0.29, 0.717) is 0 Å². The Hall–Kier alpha value is -0.440. The van der Waals surface area contributed by atoms with Gasteiger partial charge in [-0.05, 0) is 0 Å². The highest BCUT2D eigenvalue weighted by molar-refractivity contribution is 4.98. The molecule has 0 unspecified atom stereocenters. The summed E-state index contributed by atoms with van der Waals surface area (Å²) in [4.78, 5) is 0. The third-order valence-corrected chi connectivity index (χ3v) is 4.04. The zero-order valence-electron chi connectivity index (χ0n) is 12.0. The van der Waals surface area contributed by atoms with Gasteiger partial charge in [-0.15, -0.1) is 0 Å². The van der Waals surface area contributed by atoms with Crippen molar-refractivity contribution in [2.24, 2.45) is 0 Å². The van der Waals surface area contributed by atoms with Crippen LogP contribution < -0.4 is 0 Å². The molecule has 0 aromatic rings. The average molecular weight is 342 g/mol. The predicted octanol–water partition coefficient (Wildman–Crippen LogP) is -5.40. The van der Waals surface area contributed by atoms with Crippen LogP contribution in [0.5, 0.6) is 0 Å². The maximum Gasteiger partial charge on any atom is 0.219 e. The number of ether oxygens (including phenoxy) is 3. The van der Waals surface area contributed by atoms with Crippen LogP contribution in [-0.2, 0) is 14.2 Å². The van der Waals surface area contributed by atoms with E-state index in [0.717, 1.165) is 0 Å². The lowest BCUT2D eigenvalue weighted by Gasteiger charge is -2.41. The van der Waals surface area contributed by atoms with Crippen LogP contribution in [0, 0.1) is 0 Å². The van der Waals surface area contributed by atoms with Gasteiger partial charge in [-0.3, -0.25) is 0 Å². The summed E-state index contributed by atoms with van der Waals surface area (Å²) in [7, 11) is 0. The van der Waals surface area contributed by atoms with E-state index in [2.05, 4.69) is 0 Å². The van der Waals surface area contributed by atoms with Gasteiger partial charge in [0.05, 0.1) is 19.8 Å². The molecule has 11 nitrogen and oxygen atoms in total. The molecule has 2 heterocycles. The summed E-state index contributed by atoms with van der Waals surface area (Å²) in [6, 6.07) is 0. The van der Waals surface area contributed by atoms with Gasteiger partial charge in [0.2, 0.25) is 5.79 Å². The van der Waals surface area contributed by atoms with E-state index < -0.39 is 74.6 Å². The molecule has 0 amide bonds. The minimum atomic E-state index is -2.37. The van der Waals surface area contributed by atoms with Crippen molar-refractivity contribution in [1.29, 1.82) is 0 Å². The largest absolute Gasteiger partial charge is 0.394 e. The Morgan fingerprint density at radius 3 is 2.00 bits per heavy atom. The first-order chi connectivity index (χ1) is 10.8. The lowest BCUT2D eigenvalue weighted by Crippen LogP contribution is -2.60. The minimum absolute atomic E-state index is 0.668. The fraction of sp³-hybridized carbons (Fsp3) is 1.00. The summed E-state index contributed by atoms with van der Waals surface area (Å²) in [5, 5.41) is 76.5. The first-order valence-electron chi connectivity index (χ1n) is 7.05. The lowest BCUT2D eigenvalue weighted by atomic mass is 9.99. The molecule has 9 atom stereocenters. The van der Waals surface area contributed by atoms with Crippen molar-refractivity contribution < 1.29 is 55.1 Å². The van der Waals surface area contributed by atoms with Gasteiger partial charge in [-0.25, -0.2) is 0 Å². The summed E-state index contributed by atoms with van der Waals surface area (Å²) < 4.78 is 15.3. The van der Waals surface area contributed by atoms with E-state index in [1.807, 2.05) is 0 Å². The van der Waals surface area contributed by atoms with Gasteiger partial charge in [0.25, 0.3) is 0 Å². The third-order valence-electron chi connectivity index (χ3n) is 4.04. The molecule has 23 heavy (non-hydrogen) atoms.